The Bertz CT molecular complexity index is 810. The van der Waals surface area contributed by atoms with E-state index in [9.17, 15) is 4.79 Å². The van der Waals surface area contributed by atoms with Crippen molar-refractivity contribution in [3.63, 3.8) is 0 Å². The minimum atomic E-state index is -0.0665. The van der Waals surface area contributed by atoms with Crippen molar-refractivity contribution in [1.82, 2.24) is 5.32 Å². The standard InChI is InChI=1S/C23H27NO2/c1-4-7-20-15-21(12-13-22(20)26-3)23(25)24-16(2)18-11-10-17-8-5-6-9-19(17)14-18/h4,10-16H,1,5-9H2,2-3H3,(H,24,25)/t16-/m1/s1. The van der Waals surface area contributed by atoms with Gasteiger partial charge in [0.2, 0.25) is 0 Å². The van der Waals surface area contributed by atoms with Crippen molar-refractivity contribution >= 4 is 5.91 Å². The topological polar surface area (TPSA) is 38.3 Å². The third-order valence-corrected chi connectivity index (χ3v) is 5.13. The van der Waals surface area contributed by atoms with E-state index in [1.807, 2.05) is 25.1 Å². The van der Waals surface area contributed by atoms with E-state index in [0.717, 1.165) is 17.7 Å². The van der Waals surface area contributed by atoms with Crippen LogP contribution in [0.2, 0.25) is 0 Å². The van der Waals surface area contributed by atoms with Gasteiger partial charge in [0.25, 0.3) is 5.91 Å². The number of allylic oxidation sites excluding steroid dienone is 1. The van der Waals surface area contributed by atoms with Crippen LogP contribution in [0.25, 0.3) is 0 Å². The molecular formula is C23H27NO2. The molecule has 2 aromatic carbocycles. The summed E-state index contributed by atoms with van der Waals surface area (Å²) >= 11 is 0. The van der Waals surface area contributed by atoms with E-state index in [1.165, 1.54) is 36.0 Å². The highest BCUT2D eigenvalue weighted by Gasteiger charge is 2.16. The summed E-state index contributed by atoms with van der Waals surface area (Å²) in [5, 5.41) is 3.12. The molecule has 0 radical (unpaired) electrons. The normalized spacial score (nSPS) is 14.2. The maximum absolute atomic E-state index is 12.7. The van der Waals surface area contributed by atoms with Crippen LogP contribution in [0.15, 0.2) is 49.1 Å². The molecule has 1 amide bonds. The second kappa shape index (κ2) is 8.22. The van der Waals surface area contributed by atoms with Gasteiger partial charge in [0.1, 0.15) is 5.75 Å². The van der Waals surface area contributed by atoms with E-state index in [0.29, 0.717) is 12.0 Å². The molecule has 136 valence electrons. The molecule has 0 aromatic heterocycles. The van der Waals surface area contributed by atoms with Gasteiger partial charge in [0.05, 0.1) is 13.2 Å². The fourth-order valence-corrected chi connectivity index (χ4v) is 3.62. The van der Waals surface area contributed by atoms with Crippen LogP contribution >= 0.6 is 0 Å². The van der Waals surface area contributed by atoms with Crippen LogP contribution < -0.4 is 10.1 Å². The minimum absolute atomic E-state index is 0.0281. The van der Waals surface area contributed by atoms with Gasteiger partial charge in [-0.05, 0) is 79.5 Å². The molecular weight excluding hydrogens is 322 g/mol. The predicted octanol–water partition coefficient (Wildman–Crippen LogP) is 4.79. The van der Waals surface area contributed by atoms with E-state index in [4.69, 9.17) is 4.74 Å². The first kappa shape index (κ1) is 18.2. The number of carbonyl (C=O) groups excluding carboxylic acids is 1. The van der Waals surface area contributed by atoms with Crippen molar-refractivity contribution in [3.05, 3.63) is 76.9 Å². The summed E-state index contributed by atoms with van der Waals surface area (Å²) in [6, 6.07) is 12.1. The molecule has 0 fully saturated rings. The van der Waals surface area contributed by atoms with Gasteiger partial charge in [-0.2, -0.15) is 0 Å². The Balaban J connectivity index is 1.75. The lowest BCUT2D eigenvalue weighted by Gasteiger charge is -2.20. The lowest BCUT2D eigenvalue weighted by molar-refractivity contribution is 0.0939. The van der Waals surface area contributed by atoms with Gasteiger partial charge in [-0.15, -0.1) is 6.58 Å². The molecule has 0 unspecified atom stereocenters. The van der Waals surface area contributed by atoms with E-state index >= 15 is 0 Å². The first-order valence-electron chi connectivity index (χ1n) is 9.32. The maximum atomic E-state index is 12.7. The highest BCUT2D eigenvalue weighted by atomic mass is 16.5. The summed E-state index contributed by atoms with van der Waals surface area (Å²) in [7, 11) is 1.64. The molecule has 0 spiro atoms. The SMILES string of the molecule is C=CCc1cc(C(=O)N[C@H](C)c2ccc3c(c2)CCCC3)ccc1OC. The summed E-state index contributed by atoms with van der Waals surface area (Å²) in [6.45, 7) is 5.81. The Kier molecular flexibility index (Phi) is 5.77. The van der Waals surface area contributed by atoms with E-state index in [1.54, 1.807) is 13.2 Å². The molecule has 2 aromatic rings. The van der Waals surface area contributed by atoms with Crippen molar-refractivity contribution in [2.24, 2.45) is 0 Å². The summed E-state index contributed by atoms with van der Waals surface area (Å²) in [4.78, 5) is 12.7. The van der Waals surface area contributed by atoms with Crippen molar-refractivity contribution < 1.29 is 9.53 Å². The second-order valence-corrected chi connectivity index (χ2v) is 6.95. The van der Waals surface area contributed by atoms with Crippen LogP contribution in [-0.4, -0.2) is 13.0 Å². The van der Waals surface area contributed by atoms with Gasteiger partial charge in [0.15, 0.2) is 0 Å². The number of amides is 1. The van der Waals surface area contributed by atoms with Crippen LogP contribution in [-0.2, 0) is 19.3 Å². The number of methoxy groups -OCH3 is 1. The minimum Gasteiger partial charge on any atom is -0.496 e. The number of hydrogen-bond donors (Lipinski definition) is 1. The number of hydrogen-bond acceptors (Lipinski definition) is 2. The molecule has 1 N–H and O–H groups in total. The van der Waals surface area contributed by atoms with Crippen molar-refractivity contribution in [1.29, 1.82) is 0 Å². The highest BCUT2D eigenvalue weighted by Crippen LogP contribution is 2.25. The molecule has 0 bridgehead atoms. The Labute approximate surface area is 156 Å². The zero-order chi connectivity index (χ0) is 18.5. The quantitative estimate of drug-likeness (QED) is 0.761. The fraction of sp³-hybridized carbons (Fsp3) is 0.348. The fourth-order valence-electron chi connectivity index (χ4n) is 3.62. The molecule has 0 heterocycles. The number of carbonyl (C=O) groups is 1. The molecule has 0 saturated heterocycles. The Morgan fingerprint density at radius 1 is 1.19 bits per heavy atom. The zero-order valence-electron chi connectivity index (χ0n) is 15.7. The van der Waals surface area contributed by atoms with Crippen LogP contribution in [0, 0.1) is 0 Å². The molecule has 3 nitrogen and oxygen atoms in total. The molecule has 1 atom stereocenters. The average Bonchev–Trinajstić information content (AvgIpc) is 2.67. The maximum Gasteiger partial charge on any atom is 0.251 e. The second-order valence-electron chi connectivity index (χ2n) is 6.95. The lowest BCUT2D eigenvalue weighted by Crippen LogP contribution is -2.27. The van der Waals surface area contributed by atoms with Gasteiger partial charge in [-0.25, -0.2) is 0 Å². The first-order valence-corrected chi connectivity index (χ1v) is 9.32. The number of rotatable bonds is 6. The number of benzene rings is 2. The first-order chi connectivity index (χ1) is 12.6. The molecule has 3 rings (SSSR count). The van der Waals surface area contributed by atoms with E-state index in [2.05, 4.69) is 30.1 Å². The Morgan fingerprint density at radius 2 is 1.96 bits per heavy atom. The van der Waals surface area contributed by atoms with Gasteiger partial charge in [-0.1, -0.05) is 24.3 Å². The van der Waals surface area contributed by atoms with Gasteiger partial charge in [-0.3, -0.25) is 4.79 Å². The van der Waals surface area contributed by atoms with Crippen LogP contribution in [0.3, 0.4) is 0 Å². The number of aryl methyl sites for hydroxylation is 2. The van der Waals surface area contributed by atoms with Crippen molar-refractivity contribution in [2.75, 3.05) is 7.11 Å². The average molecular weight is 349 g/mol. The molecule has 0 saturated carbocycles. The van der Waals surface area contributed by atoms with Crippen LogP contribution in [0.4, 0.5) is 0 Å². The summed E-state index contributed by atoms with van der Waals surface area (Å²) in [5.74, 6) is 0.715. The predicted molar refractivity (Wildman–Crippen MR) is 106 cm³/mol. The van der Waals surface area contributed by atoms with E-state index in [-0.39, 0.29) is 11.9 Å². The van der Waals surface area contributed by atoms with Crippen LogP contribution in [0.1, 0.15) is 58.4 Å². The molecule has 1 aliphatic carbocycles. The Hall–Kier alpha value is -2.55. The molecule has 1 aliphatic rings. The number of fused-ring (bicyclic) bond motifs is 1. The van der Waals surface area contributed by atoms with Gasteiger partial charge < -0.3 is 10.1 Å². The largest absolute Gasteiger partial charge is 0.496 e. The van der Waals surface area contributed by atoms with Crippen molar-refractivity contribution in [3.8, 4) is 5.75 Å². The summed E-state index contributed by atoms with van der Waals surface area (Å²) < 4.78 is 5.36. The molecule has 0 aliphatic heterocycles. The number of nitrogens with one attached hydrogen (secondary N) is 1. The van der Waals surface area contributed by atoms with Gasteiger partial charge >= 0.3 is 0 Å². The van der Waals surface area contributed by atoms with Crippen LogP contribution in [0.5, 0.6) is 5.75 Å². The lowest BCUT2D eigenvalue weighted by atomic mass is 9.89. The highest BCUT2D eigenvalue weighted by molar-refractivity contribution is 5.94. The monoisotopic (exact) mass is 349 g/mol. The zero-order valence-corrected chi connectivity index (χ0v) is 15.7. The van der Waals surface area contributed by atoms with Gasteiger partial charge in [0, 0.05) is 5.56 Å². The Morgan fingerprint density at radius 3 is 2.69 bits per heavy atom. The third kappa shape index (κ3) is 3.98. The molecule has 3 heteroatoms. The smallest absolute Gasteiger partial charge is 0.251 e. The summed E-state index contributed by atoms with van der Waals surface area (Å²) in [6.07, 6.45) is 7.35. The third-order valence-electron chi connectivity index (χ3n) is 5.13. The number of ether oxygens (including phenoxy) is 1. The van der Waals surface area contributed by atoms with Crippen molar-refractivity contribution in [2.45, 2.75) is 45.1 Å². The van der Waals surface area contributed by atoms with E-state index < -0.39 is 0 Å². The summed E-state index contributed by atoms with van der Waals surface area (Å²) in [5.41, 5.74) is 5.68. The molecule has 26 heavy (non-hydrogen) atoms.